The number of aromatic nitrogens is 1. The molecule has 3 aromatic rings. The van der Waals surface area contributed by atoms with Crippen LogP contribution >= 0.6 is 0 Å². The molecule has 30 heavy (non-hydrogen) atoms. The number of aromatic carboxylic acids is 1. The number of rotatable bonds is 6. The Morgan fingerprint density at radius 3 is 2.70 bits per heavy atom. The van der Waals surface area contributed by atoms with Crippen molar-refractivity contribution in [3.8, 4) is 16.9 Å². The molecule has 1 aromatic heterocycles. The number of nitrogens with one attached hydrogen (secondary N) is 2. The standard InChI is InChI=1S/C23H22FN3O3/c1-25-22-11-16(12-27-20-13-26-9-8-19(20)23(28)29)18-7-4-15(10-21(18)30-22)14-2-5-17(24)6-3-14/h2-10,13,16,22,25,27H,11-12H2,1H3,(H,28,29)/t16-,22?/m0/s1. The number of anilines is 1. The van der Waals surface area contributed by atoms with Gasteiger partial charge in [0, 0.05) is 25.1 Å². The van der Waals surface area contributed by atoms with Gasteiger partial charge in [-0.15, -0.1) is 0 Å². The third-order valence-corrected chi connectivity index (χ3v) is 5.31. The number of hydrogen-bond donors (Lipinski definition) is 3. The number of nitrogens with zero attached hydrogens (tertiary/aromatic N) is 1. The lowest BCUT2D eigenvalue weighted by Gasteiger charge is -2.32. The molecular formula is C23H22FN3O3. The Hall–Kier alpha value is -3.45. The van der Waals surface area contributed by atoms with E-state index in [1.165, 1.54) is 30.6 Å². The zero-order valence-electron chi connectivity index (χ0n) is 16.4. The third kappa shape index (κ3) is 4.11. The summed E-state index contributed by atoms with van der Waals surface area (Å²) in [5.74, 6) is -0.399. The van der Waals surface area contributed by atoms with Gasteiger partial charge in [0.05, 0.1) is 17.4 Å². The van der Waals surface area contributed by atoms with Crippen LogP contribution < -0.4 is 15.4 Å². The Bertz CT molecular complexity index is 1060. The highest BCUT2D eigenvalue weighted by Crippen LogP contribution is 2.38. The van der Waals surface area contributed by atoms with Crippen molar-refractivity contribution in [1.29, 1.82) is 0 Å². The number of benzene rings is 2. The van der Waals surface area contributed by atoms with Crippen molar-refractivity contribution in [3.63, 3.8) is 0 Å². The Balaban J connectivity index is 1.60. The number of fused-ring (bicyclic) bond motifs is 1. The molecular weight excluding hydrogens is 385 g/mol. The predicted octanol–water partition coefficient (Wildman–Crippen LogP) is 4.11. The second kappa shape index (κ2) is 8.51. The second-order valence-corrected chi connectivity index (χ2v) is 7.19. The largest absolute Gasteiger partial charge is 0.478 e. The smallest absolute Gasteiger partial charge is 0.337 e. The molecule has 4 rings (SSSR count). The fraction of sp³-hybridized carbons (Fsp3) is 0.217. The van der Waals surface area contributed by atoms with E-state index in [0.29, 0.717) is 12.2 Å². The number of ether oxygens (including phenoxy) is 1. The van der Waals surface area contributed by atoms with Gasteiger partial charge in [-0.1, -0.05) is 24.3 Å². The molecule has 6 nitrogen and oxygen atoms in total. The lowest BCUT2D eigenvalue weighted by molar-refractivity contribution is 0.0697. The number of carboxylic acids is 1. The van der Waals surface area contributed by atoms with Crippen LogP contribution in [0, 0.1) is 5.82 Å². The van der Waals surface area contributed by atoms with E-state index in [4.69, 9.17) is 4.74 Å². The summed E-state index contributed by atoms with van der Waals surface area (Å²) in [5.41, 5.74) is 3.57. The van der Waals surface area contributed by atoms with E-state index in [9.17, 15) is 14.3 Å². The highest BCUT2D eigenvalue weighted by molar-refractivity contribution is 5.93. The third-order valence-electron chi connectivity index (χ3n) is 5.31. The maximum absolute atomic E-state index is 13.2. The maximum atomic E-state index is 13.2. The average molecular weight is 407 g/mol. The first kappa shape index (κ1) is 19.8. The van der Waals surface area contributed by atoms with Crippen LogP contribution in [0.15, 0.2) is 60.9 Å². The van der Waals surface area contributed by atoms with Crippen molar-refractivity contribution in [3.05, 3.63) is 77.9 Å². The summed E-state index contributed by atoms with van der Waals surface area (Å²) in [6, 6.07) is 13.8. The van der Waals surface area contributed by atoms with Gasteiger partial charge in [-0.05, 0) is 48.0 Å². The molecule has 0 spiro atoms. The van der Waals surface area contributed by atoms with Gasteiger partial charge in [-0.25, -0.2) is 9.18 Å². The predicted molar refractivity (Wildman–Crippen MR) is 112 cm³/mol. The van der Waals surface area contributed by atoms with Crippen molar-refractivity contribution in [2.45, 2.75) is 18.6 Å². The molecule has 0 amide bonds. The topological polar surface area (TPSA) is 83.5 Å². The van der Waals surface area contributed by atoms with Crippen molar-refractivity contribution in [1.82, 2.24) is 10.3 Å². The van der Waals surface area contributed by atoms with E-state index in [-0.39, 0.29) is 23.5 Å². The summed E-state index contributed by atoms with van der Waals surface area (Å²) in [4.78, 5) is 15.5. The summed E-state index contributed by atoms with van der Waals surface area (Å²) in [6.07, 6.45) is 3.55. The minimum Gasteiger partial charge on any atom is -0.478 e. The summed E-state index contributed by atoms with van der Waals surface area (Å²) >= 11 is 0. The van der Waals surface area contributed by atoms with E-state index < -0.39 is 5.97 Å². The summed E-state index contributed by atoms with van der Waals surface area (Å²) < 4.78 is 19.3. The molecule has 0 fully saturated rings. The lowest BCUT2D eigenvalue weighted by Crippen LogP contribution is -2.38. The van der Waals surface area contributed by atoms with Crippen LogP contribution in [0.4, 0.5) is 10.1 Å². The normalized spacial score (nSPS) is 17.7. The zero-order chi connectivity index (χ0) is 21.1. The van der Waals surface area contributed by atoms with Crippen LogP contribution in [0.5, 0.6) is 5.75 Å². The van der Waals surface area contributed by atoms with Gasteiger partial charge < -0.3 is 15.2 Å². The van der Waals surface area contributed by atoms with Gasteiger partial charge in [-0.2, -0.15) is 0 Å². The summed E-state index contributed by atoms with van der Waals surface area (Å²) in [5, 5.41) is 15.8. The monoisotopic (exact) mass is 407 g/mol. The van der Waals surface area contributed by atoms with Gasteiger partial charge >= 0.3 is 5.97 Å². The molecule has 0 saturated carbocycles. The Kier molecular flexibility index (Phi) is 5.63. The van der Waals surface area contributed by atoms with Gasteiger partial charge in [-0.3, -0.25) is 10.3 Å². The van der Waals surface area contributed by atoms with Gasteiger partial charge in [0.1, 0.15) is 11.6 Å². The number of hydrogen-bond acceptors (Lipinski definition) is 5. The number of pyridine rings is 1. The first-order chi connectivity index (χ1) is 14.5. The quantitative estimate of drug-likeness (QED) is 0.570. The fourth-order valence-electron chi connectivity index (χ4n) is 3.71. The minimum atomic E-state index is -0.996. The van der Waals surface area contributed by atoms with E-state index >= 15 is 0 Å². The van der Waals surface area contributed by atoms with Gasteiger partial charge in [0.15, 0.2) is 6.23 Å². The Morgan fingerprint density at radius 1 is 1.20 bits per heavy atom. The summed E-state index contributed by atoms with van der Waals surface area (Å²) in [7, 11) is 1.84. The van der Waals surface area contributed by atoms with Crippen LogP contribution in [0.3, 0.4) is 0 Å². The molecule has 2 aromatic carbocycles. The molecule has 3 N–H and O–H groups in total. The minimum absolute atomic E-state index is 0.107. The van der Waals surface area contributed by atoms with Crippen molar-refractivity contribution >= 4 is 11.7 Å². The number of carbonyl (C=O) groups is 1. The van der Waals surface area contributed by atoms with E-state index in [1.54, 1.807) is 12.1 Å². The van der Waals surface area contributed by atoms with E-state index in [2.05, 4.69) is 15.6 Å². The van der Waals surface area contributed by atoms with Crippen molar-refractivity contribution in [2.24, 2.45) is 0 Å². The average Bonchev–Trinajstić information content (AvgIpc) is 2.77. The van der Waals surface area contributed by atoms with Crippen molar-refractivity contribution in [2.75, 3.05) is 18.9 Å². The highest BCUT2D eigenvalue weighted by Gasteiger charge is 2.28. The van der Waals surface area contributed by atoms with E-state index in [0.717, 1.165) is 28.9 Å². The molecule has 1 unspecified atom stereocenters. The lowest BCUT2D eigenvalue weighted by atomic mass is 9.89. The Morgan fingerprint density at radius 2 is 1.97 bits per heavy atom. The van der Waals surface area contributed by atoms with Crippen LogP contribution in [-0.4, -0.2) is 35.9 Å². The molecule has 7 heteroatoms. The maximum Gasteiger partial charge on any atom is 0.337 e. The van der Waals surface area contributed by atoms with Gasteiger partial charge in [0.2, 0.25) is 0 Å². The highest BCUT2D eigenvalue weighted by atomic mass is 19.1. The van der Waals surface area contributed by atoms with E-state index in [1.807, 2.05) is 25.2 Å². The zero-order valence-corrected chi connectivity index (χ0v) is 16.4. The fourth-order valence-corrected chi connectivity index (χ4v) is 3.71. The first-order valence-electron chi connectivity index (χ1n) is 9.70. The molecule has 154 valence electrons. The second-order valence-electron chi connectivity index (χ2n) is 7.19. The molecule has 0 aliphatic carbocycles. The molecule has 2 heterocycles. The van der Waals surface area contributed by atoms with Crippen LogP contribution in [0.1, 0.15) is 28.3 Å². The first-order valence-corrected chi connectivity index (χ1v) is 9.70. The summed E-state index contributed by atoms with van der Waals surface area (Å²) in [6.45, 7) is 0.538. The molecule has 0 radical (unpaired) electrons. The molecule has 1 aliphatic heterocycles. The Labute approximate surface area is 173 Å². The van der Waals surface area contributed by atoms with Crippen LogP contribution in [0.25, 0.3) is 11.1 Å². The molecule has 0 saturated heterocycles. The van der Waals surface area contributed by atoms with Gasteiger partial charge in [0.25, 0.3) is 0 Å². The van der Waals surface area contributed by atoms with Crippen molar-refractivity contribution < 1.29 is 19.0 Å². The molecule has 1 aliphatic rings. The van der Waals surface area contributed by atoms with Crippen LogP contribution in [-0.2, 0) is 0 Å². The SMILES string of the molecule is CNC1C[C@@H](CNc2cnccc2C(=O)O)c2ccc(-c3ccc(F)cc3)cc2O1. The van der Waals surface area contributed by atoms with Crippen LogP contribution in [0.2, 0.25) is 0 Å². The number of halogens is 1. The molecule has 0 bridgehead atoms. The number of carboxylic acid groups (broad SMARTS) is 1. The molecule has 2 atom stereocenters.